The molecule has 0 aromatic heterocycles. The number of aryl methyl sites for hydroxylation is 3. The molecule has 0 saturated carbocycles. The Labute approximate surface area is 209 Å². The monoisotopic (exact) mass is 484 g/mol. The number of rotatable bonds is 6. The number of hydrogen-bond acceptors (Lipinski definition) is 3. The summed E-state index contributed by atoms with van der Waals surface area (Å²) in [7, 11) is -0.200. The Kier molecular flexibility index (Phi) is 8.84. The third kappa shape index (κ3) is 6.59. The topological polar surface area (TPSA) is 49.4 Å². The van der Waals surface area contributed by atoms with Crippen molar-refractivity contribution < 1.29 is 14.6 Å². The minimum absolute atomic E-state index is 0.898. The average Bonchev–Trinajstić information content (AvgIpc) is 2.82. The van der Waals surface area contributed by atoms with E-state index in [1.807, 2.05) is 0 Å². The van der Waals surface area contributed by atoms with E-state index in [1.165, 1.54) is 38.2 Å². The number of methoxy groups -OCH3 is 1. The smallest absolute Gasteiger partial charge is 0.118 e. The molecule has 0 spiro atoms. The van der Waals surface area contributed by atoms with Gasteiger partial charge >= 0.3 is 0 Å². The van der Waals surface area contributed by atoms with Crippen molar-refractivity contribution in [1.29, 1.82) is 0 Å². The zero-order valence-corrected chi connectivity index (χ0v) is 22.0. The van der Waals surface area contributed by atoms with Gasteiger partial charge in [0.2, 0.25) is 0 Å². The highest BCUT2D eigenvalue weighted by atomic mass is 31.2. The van der Waals surface area contributed by atoms with E-state index in [-0.39, 0.29) is 0 Å². The summed E-state index contributed by atoms with van der Waals surface area (Å²) in [6.45, 7) is 7.55. The van der Waals surface area contributed by atoms with Gasteiger partial charge in [-0.3, -0.25) is 0 Å². The fourth-order valence-corrected chi connectivity index (χ4v) is 8.82. The maximum absolute atomic E-state index is 8.89. The van der Waals surface area contributed by atoms with Gasteiger partial charge in [-0.05, 0) is 98.5 Å². The van der Waals surface area contributed by atoms with E-state index in [1.54, 1.807) is 7.11 Å². The summed E-state index contributed by atoms with van der Waals surface area (Å²) in [5, 5.41) is 13.2. The lowest BCUT2D eigenvalue weighted by Crippen LogP contribution is -2.33. The predicted molar refractivity (Wildman–Crippen MR) is 147 cm³/mol. The first-order chi connectivity index (χ1) is 16.7. The fraction of sp³-hybridized carbons (Fsp3) is 0.194. The summed E-state index contributed by atoms with van der Waals surface area (Å²) in [5.74, 6) is -0.186. The molecule has 35 heavy (non-hydrogen) atoms. The molecular weight excluding hydrogens is 451 g/mol. The minimum Gasteiger partial charge on any atom is -0.550 e. The molecule has 3 nitrogen and oxygen atoms in total. The van der Waals surface area contributed by atoms with Crippen LogP contribution < -0.4 is 25.8 Å². The van der Waals surface area contributed by atoms with E-state index in [9.17, 15) is 0 Å². The molecule has 0 bridgehead atoms. The lowest BCUT2D eigenvalue weighted by Gasteiger charge is -2.28. The fourth-order valence-electron chi connectivity index (χ4n) is 4.32. The molecule has 0 amide bonds. The molecule has 4 aromatic carbocycles. The number of aliphatic carboxylic acids is 1. The summed E-state index contributed by atoms with van der Waals surface area (Å²) in [5.41, 5.74) is 5.24. The number of benzene rings is 4. The summed E-state index contributed by atoms with van der Waals surface area (Å²) < 4.78 is 5.41. The summed E-state index contributed by atoms with van der Waals surface area (Å²) in [6.07, 6.45) is 0.980. The van der Waals surface area contributed by atoms with E-state index in [0.29, 0.717) is 0 Å². The zero-order valence-electron chi connectivity index (χ0n) is 21.1. The van der Waals surface area contributed by atoms with Crippen molar-refractivity contribution in [2.45, 2.75) is 33.9 Å². The number of hydrogen-bond donors (Lipinski definition) is 0. The number of ether oxygens (including phenoxy) is 1. The van der Waals surface area contributed by atoms with Gasteiger partial charge < -0.3 is 14.6 Å². The molecule has 0 heterocycles. The first-order valence-electron chi connectivity index (χ1n) is 11.6. The Morgan fingerprint density at radius 3 is 1.40 bits per heavy atom. The maximum atomic E-state index is 8.89. The number of carbonyl (C=O) groups is 1. The number of carbonyl (C=O) groups excluding carboxylic acids is 1. The average molecular weight is 485 g/mol. The van der Waals surface area contributed by atoms with Gasteiger partial charge in [-0.25, -0.2) is 0 Å². The second kappa shape index (κ2) is 11.8. The third-order valence-corrected chi connectivity index (χ3v) is 10.2. The molecule has 4 heteroatoms. The van der Waals surface area contributed by atoms with Crippen LogP contribution in [0.5, 0.6) is 5.75 Å². The molecule has 0 atom stereocenters. The van der Waals surface area contributed by atoms with Crippen LogP contribution >= 0.6 is 7.26 Å². The van der Waals surface area contributed by atoms with Gasteiger partial charge in [0.25, 0.3) is 0 Å². The molecule has 4 rings (SSSR count). The Morgan fingerprint density at radius 1 is 0.714 bits per heavy atom. The van der Waals surface area contributed by atoms with Crippen molar-refractivity contribution in [2.24, 2.45) is 0 Å². The molecule has 180 valence electrons. The maximum Gasteiger partial charge on any atom is 0.118 e. The minimum atomic E-state index is -1.92. The highest BCUT2D eigenvalue weighted by Gasteiger charge is 2.45. The largest absolute Gasteiger partial charge is 0.550 e. The van der Waals surface area contributed by atoms with Crippen LogP contribution in [-0.2, 0) is 11.0 Å². The van der Waals surface area contributed by atoms with Crippen molar-refractivity contribution in [3.8, 4) is 5.75 Å². The van der Waals surface area contributed by atoms with Crippen molar-refractivity contribution in [3.05, 3.63) is 119 Å². The SMILES string of the molecule is CC(=O)[O-].COc1ccc(C[P+](c2cccc(C)c2)(c2cccc(C)c2)c2cccc(C)c2)cc1. The first kappa shape index (κ1) is 26.2. The molecular formula is C31H33O3P. The molecule has 0 aliphatic heterocycles. The molecule has 0 saturated heterocycles. The van der Waals surface area contributed by atoms with E-state index in [0.717, 1.165) is 18.8 Å². The molecule has 0 aliphatic carbocycles. The lowest BCUT2D eigenvalue weighted by molar-refractivity contribution is -0.302. The normalized spacial score (nSPS) is 10.8. The van der Waals surface area contributed by atoms with Crippen LogP contribution in [0.1, 0.15) is 29.2 Å². The predicted octanol–water partition coefficient (Wildman–Crippen LogP) is 4.87. The molecule has 0 fully saturated rings. The van der Waals surface area contributed by atoms with Gasteiger partial charge in [0, 0.05) is 5.97 Å². The van der Waals surface area contributed by atoms with Crippen LogP contribution in [0.2, 0.25) is 0 Å². The Balaban J connectivity index is 0.000000795. The van der Waals surface area contributed by atoms with E-state index in [2.05, 4.69) is 118 Å². The molecule has 0 aliphatic rings. The van der Waals surface area contributed by atoms with Crippen LogP contribution in [0, 0.1) is 20.8 Å². The van der Waals surface area contributed by atoms with Crippen molar-refractivity contribution >= 4 is 29.1 Å². The zero-order chi connectivity index (χ0) is 25.4. The summed E-state index contributed by atoms with van der Waals surface area (Å²) >= 11 is 0. The van der Waals surface area contributed by atoms with Crippen LogP contribution in [0.3, 0.4) is 0 Å². The Bertz CT molecular complexity index is 1160. The van der Waals surface area contributed by atoms with Crippen molar-refractivity contribution in [2.75, 3.05) is 7.11 Å². The second-order valence-electron chi connectivity index (χ2n) is 8.82. The molecule has 0 radical (unpaired) electrons. The highest BCUT2D eigenvalue weighted by Crippen LogP contribution is 2.58. The number of carboxylic acid groups (broad SMARTS) is 1. The van der Waals surface area contributed by atoms with Crippen molar-refractivity contribution in [1.82, 2.24) is 0 Å². The standard InChI is InChI=1S/C29H30OP.C2H4O2/c1-22-8-5-11-27(18-22)31(28-12-6-9-23(2)19-28,29-13-7-10-24(3)20-29)21-25-14-16-26(30-4)17-15-25;1-2(3)4/h5-20H,21H2,1-4H3;1H3,(H,3,4)/q+1;/p-1. The quantitative estimate of drug-likeness (QED) is 0.367. The van der Waals surface area contributed by atoms with Gasteiger partial charge in [0.05, 0.1) is 13.3 Å². The molecule has 0 N–H and O–H groups in total. The van der Waals surface area contributed by atoms with Crippen molar-refractivity contribution in [3.63, 3.8) is 0 Å². The van der Waals surface area contributed by atoms with Crippen LogP contribution in [-0.4, -0.2) is 13.1 Å². The molecule has 0 unspecified atom stereocenters. The summed E-state index contributed by atoms with van der Waals surface area (Å²) in [6, 6.07) is 35.9. The van der Waals surface area contributed by atoms with E-state index in [4.69, 9.17) is 14.6 Å². The van der Waals surface area contributed by atoms with Gasteiger partial charge in [0.15, 0.2) is 0 Å². The second-order valence-corrected chi connectivity index (χ2v) is 12.3. The highest BCUT2D eigenvalue weighted by molar-refractivity contribution is 7.95. The van der Waals surface area contributed by atoms with Crippen LogP contribution in [0.4, 0.5) is 0 Å². The lowest BCUT2D eigenvalue weighted by atomic mass is 10.2. The Hall–Kier alpha value is -3.42. The number of carboxylic acids is 1. The van der Waals surface area contributed by atoms with Gasteiger partial charge in [-0.2, -0.15) is 0 Å². The first-order valence-corrected chi connectivity index (χ1v) is 13.6. The van der Waals surface area contributed by atoms with Gasteiger partial charge in [0.1, 0.15) is 28.9 Å². The Morgan fingerprint density at radius 2 is 1.09 bits per heavy atom. The molecule has 4 aromatic rings. The van der Waals surface area contributed by atoms with E-state index < -0.39 is 13.2 Å². The summed E-state index contributed by atoms with van der Waals surface area (Å²) in [4.78, 5) is 8.89. The van der Waals surface area contributed by atoms with Crippen LogP contribution in [0.25, 0.3) is 0 Å². The third-order valence-electron chi connectivity index (χ3n) is 5.91. The van der Waals surface area contributed by atoms with Gasteiger partial charge in [-0.15, -0.1) is 0 Å². The van der Waals surface area contributed by atoms with Crippen LogP contribution in [0.15, 0.2) is 97.1 Å². The van der Waals surface area contributed by atoms with E-state index >= 15 is 0 Å². The van der Waals surface area contributed by atoms with Gasteiger partial charge in [-0.1, -0.05) is 48.5 Å².